The van der Waals surface area contributed by atoms with Gasteiger partial charge in [-0.15, -0.1) is 0 Å². The summed E-state index contributed by atoms with van der Waals surface area (Å²) in [6.45, 7) is 14.5. The van der Waals surface area contributed by atoms with Crippen LogP contribution in [0, 0.1) is 5.92 Å². The maximum atomic E-state index is 12.5. The molecular weight excluding hydrogens is 308 g/mol. The molecule has 1 aromatic carbocycles. The average molecular weight is 345 g/mol. The Kier molecular flexibility index (Phi) is 8.41. The minimum Gasteiger partial charge on any atom is -0.496 e. The molecule has 1 unspecified atom stereocenters. The predicted molar refractivity (Wildman–Crippen MR) is 108 cm³/mol. The lowest BCUT2D eigenvalue weighted by Crippen LogP contribution is -2.23. The number of fused-ring (bicyclic) bond motifs is 3. The largest absolute Gasteiger partial charge is 0.496 e. The molecule has 140 valence electrons. The van der Waals surface area contributed by atoms with E-state index in [-0.39, 0.29) is 5.78 Å². The van der Waals surface area contributed by atoms with Gasteiger partial charge < -0.3 is 4.74 Å². The second kappa shape index (κ2) is 9.79. The highest BCUT2D eigenvalue weighted by Gasteiger charge is 2.33. The lowest BCUT2D eigenvalue weighted by Gasteiger charge is -2.35. The van der Waals surface area contributed by atoms with E-state index in [1.165, 1.54) is 24.0 Å². The fourth-order valence-corrected chi connectivity index (χ4v) is 3.85. The maximum absolute atomic E-state index is 12.5. The van der Waals surface area contributed by atoms with Crippen LogP contribution in [0.15, 0.2) is 23.8 Å². The summed E-state index contributed by atoms with van der Waals surface area (Å²) < 4.78 is 5.58. The van der Waals surface area contributed by atoms with E-state index in [0.717, 1.165) is 23.3 Å². The van der Waals surface area contributed by atoms with Crippen LogP contribution in [-0.2, 0) is 0 Å². The van der Waals surface area contributed by atoms with Gasteiger partial charge in [0.1, 0.15) is 5.75 Å². The Morgan fingerprint density at radius 1 is 1.08 bits per heavy atom. The molecule has 0 N–H and O–H groups in total. The van der Waals surface area contributed by atoms with Crippen molar-refractivity contribution in [1.29, 1.82) is 0 Å². The van der Waals surface area contributed by atoms with Crippen LogP contribution in [0.1, 0.15) is 101 Å². The summed E-state index contributed by atoms with van der Waals surface area (Å²) >= 11 is 0. The lowest BCUT2D eigenvalue weighted by atomic mass is 9.69. The zero-order valence-electron chi connectivity index (χ0n) is 17.4. The van der Waals surface area contributed by atoms with Gasteiger partial charge in [0.2, 0.25) is 0 Å². The Hall–Kier alpha value is -1.57. The van der Waals surface area contributed by atoms with Crippen LogP contribution in [0.4, 0.5) is 0 Å². The second-order valence-corrected chi connectivity index (χ2v) is 6.73. The van der Waals surface area contributed by atoms with Crippen LogP contribution in [-0.4, -0.2) is 12.9 Å². The van der Waals surface area contributed by atoms with Crippen molar-refractivity contribution in [3.63, 3.8) is 0 Å². The van der Waals surface area contributed by atoms with E-state index in [1.54, 1.807) is 7.11 Å². The van der Waals surface area contributed by atoms with E-state index < -0.39 is 0 Å². The Bertz CT molecular complexity index is 611. The molecule has 0 bridgehead atoms. The summed E-state index contributed by atoms with van der Waals surface area (Å²) in [5, 5.41) is 0. The fraction of sp³-hybridized carbons (Fsp3) is 0.609. The van der Waals surface area contributed by atoms with Crippen molar-refractivity contribution in [3.8, 4) is 5.75 Å². The van der Waals surface area contributed by atoms with Gasteiger partial charge in [-0.25, -0.2) is 0 Å². The molecule has 2 aliphatic rings. The monoisotopic (exact) mass is 344 g/mol. The summed E-state index contributed by atoms with van der Waals surface area (Å²) in [5.74, 6) is 2.40. The number of allylic oxidation sites excluding steroid dienone is 2. The predicted octanol–water partition coefficient (Wildman–Crippen LogP) is 6.90. The van der Waals surface area contributed by atoms with Gasteiger partial charge in [-0.2, -0.15) is 0 Å². The summed E-state index contributed by atoms with van der Waals surface area (Å²) in [4.78, 5) is 12.5. The van der Waals surface area contributed by atoms with Crippen LogP contribution in [0.5, 0.6) is 5.75 Å². The molecule has 2 atom stereocenters. The minimum absolute atomic E-state index is 0.176. The molecule has 0 saturated heterocycles. The second-order valence-electron chi connectivity index (χ2n) is 6.73. The summed E-state index contributed by atoms with van der Waals surface area (Å²) in [5.41, 5.74) is 4.54. The molecule has 0 amide bonds. The number of carbonyl (C=O) groups excluding carboxylic acids is 1. The van der Waals surface area contributed by atoms with Crippen molar-refractivity contribution >= 4 is 5.78 Å². The molecule has 1 fully saturated rings. The molecule has 0 aromatic heterocycles. The Morgan fingerprint density at radius 3 is 2.28 bits per heavy atom. The van der Waals surface area contributed by atoms with Gasteiger partial charge in [0.25, 0.3) is 0 Å². The number of hydrogen-bond acceptors (Lipinski definition) is 2. The molecule has 2 nitrogen and oxygen atoms in total. The maximum Gasteiger partial charge on any atom is 0.186 e. The van der Waals surface area contributed by atoms with E-state index in [4.69, 9.17) is 4.74 Å². The van der Waals surface area contributed by atoms with Crippen molar-refractivity contribution < 1.29 is 9.53 Å². The molecule has 0 aliphatic heterocycles. The number of ether oxygens (including phenoxy) is 1. The third-order valence-corrected chi connectivity index (χ3v) is 5.06. The normalized spacial score (nSPS) is 21.0. The SMILES string of the molecule is CC.CC.COc1cc2c(cc1C(C)C)C(=O)C=C1C2CCC[C@H]1C. The van der Waals surface area contributed by atoms with E-state index in [2.05, 4.69) is 32.9 Å². The highest BCUT2D eigenvalue weighted by Crippen LogP contribution is 2.46. The molecule has 0 heterocycles. The van der Waals surface area contributed by atoms with Crippen LogP contribution in [0.2, 0.25) is 0 Å². The summed E-state index contributed by atoms with van der Waals surface area (Å²) in [6.07, 6.45) is 5.51. The Labute approximate surface area is 154 Å². The smallest absolute Gasteiger partial charge is 0.186 e. The van der Waals surface area contributed by atoms with Crippen molar-refractivity contribution in [2.24, 2.45) is 5.92 Å². The quantitative estimate of drug-likeness (QED) is 0.583. The van der Waals surface area contributed by atoms with E-state index in [9.17, 15) is 4.79 Å². The molecule has 2 aliphatic carbocycles. The first kappa shape index (κ1) is 21.5. The van der Waals surface area contributed by atoms with Crippen molar-refractivity contribution in [2.45, 2.75) is 79.6 Å². The van der Waals surface area contributed by atoms with E-state index in [0.29, 0.717) is 17.8 Å². The molecule has 1 aromatic rings. The van der Waals surface area contributed by atoms with E-state index in [1.807, 2.05) is 33.8 Å². The standard InChI is InChI=1S/C19H24O2.2C2H6/c1-11(2)14-8-17-16(10-19(14)21-4)13-7-5-6-12(3)15(13)9-18(17)20;2*1-2/h8-13H,5-7H2,1-4H3;2*1-2H3/t12-,13?;;/m1../s1. The molecular formula is C23H36O2. The van der Waals surface area contributed by atoms with Crippen molar-refractivity contribution in [3.05, 3.63) is 40.5 Å². The molecule has 3 rings (SSSR count). The molecule has 25 heavy (non-hydrogen) atoms. The molecule has 0 radical (unpaired) electrons. The van der Waals surface area contributed by atoms with Crippen LogP contribution >= 0.6 is 0 Å². The van der Waals surface area contributed by atoms with Gasteiger partial charge in [0.05, 0.1) is 7.11 Å². The van der Waals surface area contributed by atoms with Gasteiger partial charge in [0, 0.05) is 11.5 Å². The number of benzene rings is 1. The van der Waals surface area contributed by atoms with Crippen molar-refractivity contribution in [2.75, 3.05) is 7.11 Å². The number of carbonyl (C=O) groups is 1. The average Bonchev–Trinajstić information content (AvgIpc) is 2.65. The zero-order chi connectivity index (χ0) is 19.1. The first-order valence-electron chi connectivity index (χ1n) is 10.0. The van der Waals surface area contributed by atoms with Gasteiger partial charge in [0.15, 0.2) is 5.78 Å². The molecule has 2 heteroatoms. The number of ketones is 1. The van der Waals surface area contributed by atoms with Gasteiger partial charge in [-0.3, -0.25) is 4.79 Å². The highest BCUT2D eigenvalue weighted by molar-refractivity contribution is 6.08. The third kappa shape index (κ3) is 4.34. The van der Waals surface area contributed by atoms with Crippen molar-refractivity contribution in [1.82, 2.24) is 0 Å². The highest BCUT2D eigenvalue weighted by atomic mass is 16.5. The van der Waals surface area contributed by atoms with Gasteiger partial charge in [-0.1, -0.05) is 60.5 Å². The van der Waals surface area contributed by atoms with Gasteiger partial charge in [-0.05, 0) is 54.0 Å². The Morgan fingerprint density at radius 2 is 1.72 bits per heavy atom. The minimum atomic E-state index is 0.176. The zero-order valence-corrected chi connectivity index (χ0v) is 17.4. The fourth-order valence-electron chi connectivity index (χ4n) is 3.85. The lowest BCUT2D eigenvalue weighted by molar-refractivity contribution is 0.103. The first-order valence-corrected chi connectivity index (χ1v) is 10.0. The topological polar surface area (TPSA) is 26.3 Å². The van der Waals surface area contributed by atoms with Crippen LogP contribution in [0.25, 0.3) is 0 Å². The summed E-state index contributed by atoms with van der Waals surface area (Å²) in [7, 11) is 1.72. The first-order chi connectivity index (χ1) is 12.0. The van der Waals surface area contributed by atoms with Crippen LogP contribution < -0.4 is 4.74 Å². The number of rotatable bonds is 2. The third-order valence-electron chi connectivity index (χ3n) is 5.06. The molecule has 0 spiro atoms. The van der Waals surface area contributed by atoms with Gasteiger partial charge >= 0.3 is 0 Å². The number of methoxy groups -OCH3 is 1. The molecule has 1 saturated carbocycles. The van der Waals surface area contributed by atoms with Crippen LogP contribution in [0.3, 0.4) is 0 Å². The number of hydrogen-bond donors (Lipinski definition) is 0. The Balaban J connectivity index is 0.000000730. The van der Waals surface area contributed by atoms with E-state index >= 15 is 0 Å². The summed E-state index contributed by atoms with van der Waals surface area (Å²) in [6, 6.07) is 4.19.